The van der Waals surface area contributed by atoms with Crippen molar-refractivity contribution in [1.29, 1.82) is 0 Å². The van der Waals surface area contributed by atoms with Gasteiger partial charge in [-0.1, -0.05) is 31.9 Å². The van der Waals surface area contributed by atoms with Crippen LogP contribution in [0.15, 0.2) is 27.1 Å². The maximum absolute atomic E-state index is 10.3. The summed E-state index contributed by atoms with van der Waals surface area (Å²) in [5, 5.41) is -0.453. The van der Waals surface area contributed by atoms with Gasteiger partial charge in [0.1, 0.15) is 6.29 Å². The summed E-state index contributed by atoms with van der Waals surface area (Å²) in [6.07, 6.45) is 1.29. The van der Waals surface area contributed by atoms with Crippen LogP contribution in [0.2, 0.25) is 0 Å². The summed E-state index contributed by atoms with van der Waals surface area (Å²) in [7, 11) is 0. The Kier molecular flexibility index (Phi) is 4.42. The van der Waals surface area contributed by atoms with Crippen LogP contribution in [0, 0.1) is 0 Å². The molecule has 70 valence electrons. The summed E-state index contributed by atoms with van der Waals surface area (Å²) in [6, 6.07) is 5.80. The Morgan fingerprint density at radius 2 is 2.15 bits per heavy atom. The third kappa shape index (κ3) is 3.41. The minimum atomic E-state index is -0.453. The van der Waals surface area contributed by atoms with Crippen LogP contribution in [0.4, 0.5) is 0 Å². The monoisotopic (exact) mass is 324 g/mol. The van der Waals surface area contributed by atoms with Gasteiger partial charge in [-0.2, -0.15) is 0 Å². The van der Waals surface area contributed by atoms with Gasteiger partial charge in [-0.15, -0.1) is 11.6 Å². The molecule has 0 bridgehead atoms. The lowest BCUT2D eigenvalue weighted by atomic mass is 10.1. The number of hydrogen-bond donors (Lipinski definition) is 0. The van der Waals surface area contributed by atoms with Crippen LogP contribution in [-0.4, -0.2) is 11.7 Å². The van der Waals surface area contributed by atoms with Gasteiger partial charge in [0.15, 0.2) is 0 Å². The van der Waals surface area contributed by atoms with Crippen LogP contribution < -0.4 is 0 Å². The molecule has 0 saturated carbocycles. The quantitative estimate of drug-likeness (QED) is 0.613. The second kappa shape index (κ2) is 5.13. The Labute approximate surface area is 98.7 Å². The first-order valence-corrected chi connectivity index (χ1v) is 5.69. The number of halogens is 3. The Morgan fingerprint density at radius 3 is 2.77 bits per heavy atom. The highest BCUT2D eigenvalue weighted by Gasteiger charge is 2.07. The molecule has 0 aliphatic heterocycles. The highest BCUT2D eigenvalue weighted by Crippen LogP contribution is 2.23. The van der Waals surface area contributed by atoms with E-state index in [-0.39, 0.29) is 0 Å². The van der Waals surface area contributed by atoms with Gasteiger partial charge in [0, 0.05) is 8.95 Å². The standard InChI is InChI=1S/C9H7Br2ClO/c10-7-1-2-9(11)6(3-7)4-8(12)5-13/h1-3,5,8H,4H2. The number of hydrogen-bond acceptors (Lipinski definition) is 1. The zero-order valence-electron chi connectivity index (χ0n) is 6.64. The van der Waals surface area contributed by atoms with Crippen LogP contribution in [0.25, 0.3) is 0 Å². The van der Waals surface area contributed by atoms with Crippen LogP contribution in [0.3, 0.4) is 0 Å². The third-order valence-electron chi connectivity index (χ3n) is 1.57. The Bertz CT molecular complexity index is 314. The summed E-state index contributed by atoms with van der Waals surface area (Å²) in [5.41, 5.74) is 1.03. The second-order valence-corrected chi connectivity index (χ2v) is 4.92. The van der Waals surface area contributed by atoms with Crippen molar-refractivity contribution < 1.29 is 4.79 Å². The fourth-order valence-electron chi connectivity index (χ4n) is 0.958. The van der Waals surface area contributed by atoms with Crippen molar-refractivity contribution in [2.45, 2.75) is 11.8 Å². The predicted molar refractivity (Wildman–Crippen MR) is 61.3 cm³/mol. The summed E-state index contributed by atoms with van der Waals surface area (Å²) in [6.45, 7) is 0. The summed E-state index contributed by atoms with van der Waals surface area (Å²) in [5.74, 6) is 0. The highest BCUT2D eigenvalue weighted by molar-refractivity contribution is 9.11. The molecule has 4 heteroatoms. The van der Waals surface area contributed by atoms with Gasteiger partial charge in [0.05, 0.1) is 5.38 Å². The minimum Gasteiger partial charge on any atom is -0.302 e. The van der Waals surface area contributed by atoms with Gasteiger partial charge in [0.2, 0.25) is 0 Å². The molecule has 13 heavy (non-hydrogen) atoms. The molecule has 0 aliphatic rings. The Morgan fingerprint density at radius 1 is 1.46 bits per heavy atom. The molecule has 1 nitrogen and oxygen atoms in total. The third-order valence-corrected chi connectivity index (χ3v) is 3.09. The molecule has 1 aromatic rings. The minimum absolute atomic E-state index is 0.453. The lowest BCUT2D eigenvalue weighted by molar-refractivity contribution is -0.107. The van der Waals surface area contributed by atoms with E-state index < -0.39 is 5.38 Å². The predicted octanol–water partition coefficient (Wildman–Crippen LogP) is 3.56. The van der Waals surface area contributed by atoms with E-state index in [1.807, 2.05) is 18.2 Å². The molecule has 0 radical (unpaired) electrons. The van der Waals surface area contributed by atoms with Crippen molar-refractivity contribution in [3.63, 3.8) is 0 Å². The Balaban J connectivity index is 2.86. The summed E-state index contributed by atoms with van der Waals surface area (Å²) < 4.78 is 1.96. The molecule has 0 N–H and O–H groups in total. The zero-order chi connectivity index (χ0) is 9.84. The first kappa shape index (κ1) is 11.2. The molecule has 1 atom stereocenters. The van der Waals surface area contributed by atoms with Crippen LogP contribution in [0.1, 0.15) is 5.56 Å². The molecule has 0 amide bonds. The van der Waals surface area contributed by atoms with Crippen molar-refractivity contribution >= 4 is 49.7 Å². The van der Waals surface area contributed by atoms with Gasteiger partial charge >= 0.3 is 0 Å². The van der Waals surface area contributed by atoms with E-state index >= 15 is 0 Å². The summed E-state index contributed by atoms with van der Waals surface area (Å²) >= 11 is 12.5. The number of carbonyl (C=O) groups is 1. The normalized spacial score (nSPS) is 12.5. The number of alkyl halides is 1. The number of aldehydes is 1. The number of carbonyl (C=O) groups excluding carboxylic acids is 1. The van der Waals surface area contributed by atoms with Crippen LogP contribution in [0.5, 0.6) is 0 Å². The summed E-state index contributed by atoms with van der Waals surface area (Å²) in [4.78, 5) is 10.3. The van der Waals surface area contributed by atoms with E-state index in [0.29, 0.717) is 6.42 Å². The lowest BCUT2D eigenvalue weighted by Gasteiger charge is -2.05. The average Bonchev–Trinajstić information content (AvgIpc) is 2.11. The molecular formula is C9H7Br2ClO. The lowest BCUT2D eigenvalue weighted by Crippen LogP contribution is -2.04. The number of rotatable bonds is 3. The molecule has 0 aromatic heterocycles. The van der Waals surface area contributed by atoms with E-state index in [9.17, 15) is 4.79 Å². The van der Waals surface area contributed by atoms with Gasteiger partial charge in [0.25, 0.3) is 0 Å². The van der Waals surface area contributed by atoms with Crippen LogP contribution in [-0.2, 0) is 11.2 Å². The molecule has 0 spiro atoms. The second-order valence-electron chi connectivity index (χ2n) is 2.59. The van der Waals surface area contributed by atoms with Crippen molar-refractivity contribution in [3.05, 3.63) is 32.7 Å². The zero-order valence-corrected chi connectivity index (χ0v) is 10.6. The molecule has 0 heterocycles. The van der Waals surface area contributed by atoms with Gasteiger partial charge in [-0.3, -0.25) is 0 Å². The van der Waals surface area contributed by atoms with Gasteiger partial charge in [-0.05, 0) is 30.2 Å². The maximum atomic E-state index is 10.3. The first-order chi connectivity index (χ1) is 6.13. The smallest absolute Gasteiger partial charge is 0.138 e. The molecule has 1 rings (SSSR count). The Hall–Kier alpha value is 0.140. The van der Waals surface area contributed by atoms with Crippen molar-refractivity contribution in [1.82, 2.24) is 0 Å². The van der Waals surface area contributed by atoms with Crippen LogP contribution >= 0.6 is 43.5 Å². The SMILES string of the molecule is O=CC(Cl)Cc1cc(Br)ccc1Br. The number of benzene rings is 1. The maximum Gasteiger partial charge on any atom is 0.138 e. The van der Waals surface area contributed by atoms with E-state index in [1.54, 1.807) is 0 Å². The molecule has 1 aromatic carbocycles. The molecule has 0 aliphatic carbocycles. The fraction of sp³-hybridized carbons (Fsp3) is 0.222. The van der Waals surface area contributed by atoms with E-state index in [1.165, 1.54) is 0 Å². The molecular weight excluding hydrogens is 319 g/mol. The van der Waals surface area contributed by atoms with E-state index in [2.05, 4.69) is 31.9 Å². The molecule has 0 fully saturated rings. The van der Waals surface area contributed by atoms with Gasteiger partial charge < -0.3 is 4.79 Å². The van der Waals surface area contributed by atoms with E-state index in [4.69, 9.17) is 11.6 Å². The van der Waals surface area contributed by atoms with Crippen molar-refractivity contribution in [2.75, 3.05) is 0 Å². The van der Waals surface area contributed by atoms with Crippen molar-refractivity contribution in [2.24, 2.45) is 0 Å². The topological polar surface area (TPSA) is 17.1 Å². The largest absolute Gasteiger partial charge is 0.302 e. The molecule has 1 unspecified atom stereocenters. The first-order valence-electron chi connectivity index (χ1n) is 3.67. The van der Waals surface area contributed by atoms with Crippen molar-refractivity contribution in [3.8, 4) is 0 Å². The highest BCUT2D eigenvalue weighted by atomic mass is 79.9. The molecule has 0 saturated heterocycles. The fourth-order valence-corrected chi connectivity index (χ4v) is 1.94. The van der Waals surface area contributed by atoms with E-state index in [0.717, 1.165) is 20.8 Å². The average molecular weight is 326 g/mol. The van der Waals surface area contributed by atoms with Gasteiger partial charge in [-0.25, -0.2) is 0 Å².